The molecule has 0 aliphatic heterocycles. The lowest BCUT2D eigenvalue weighted by Gasteiger charge is -2.14. The average molecular weight is 178 g/mol. The number of ketones is 1. The van der Waals surface area contributed by atoms with Crippen LogP contribution >= 0.6 is 0 Å². The predicted molar refractivity (Wildman–Crippen MR) is 53.5 cm³/mol. The zero-order valence-corrected chi connectivity index (χ0v) is 8.22. The summed E-state index contributed by atoms with van der Waals surface area (Å²) in [6.45, 7) is 0. The summed E-state index contributed by atoms with van der Waals surface area (Å²) in [4.78, 5) is 11.4. The number of fused-ring (bicyclic) bond motifs is 1. The third-order valence-electron chi connectivity index (χ3n) is 3.36. The van der Waals surface area contributed by atoms with Gasteiger partial charge >= 0.3 is 0 Å². The Labute approximate surface area is 80.2 Å². The molecular weight excluding hydrogens is 160 g/mol. The van der Waals surface area contributed by atoms with Gasteiger partial charge in [-0.15, -0.1) is 0 Å². The monoisotopic (exact) mass is 178 g/mol. The Kier molecular flexibility index (Phi) is 2.82. The molecule has 1 unspecified atom stereocenters. The number of hydrogen-bond donors (Lipinski definition) is 0. The van der Waals surface area contributed by atoms with Crippen molar-refractivity contribution in [2.24, 2.45) is 5.92 Å². The molecule has 13 heavy (non-hydrogen) atoms. The Morgan fingerprint density at radius 3 is 2.77 bits per heavy atom. The topological polar surface area (TPSA) is 17.1 Å². The van der Waals surface area contributed by atoms with Crippen molar-refractivity contribution in [1.29, 1.82) is 0 Å². The molecule has 2 aliphatic rings. The van der Waals surface area contributed by atoms with Gasteiger partial charge in [-0.2, -0.15) is 0 Å². The van der Waals surface area contributed by atoms with Gasteiger partial charge in [0.2, 0.25) is 0 Å². The van der Waals surface area contributed by atoms with E-state index in [1.165, 1.54) is 44.1 Å². The highest BCUT2D eigenvalue weighted by atomic mass is 16.1. The first kappa shape index (κ1) is 8.98. The molecule has 0 N–H and O–H groups in total. The Morgan fingerprint density at radius 1 is 1.00 bits per heavy atom. The van der Waals surface area contributed by atoms with E-state index >= 15 is 0 Å². The van der Waals surface area contributed by atoms with Crippen molar-refractivity contribution in [3.8, 4) is 0 Å². The van der Waals surface area contributed by atoms with Crippen molar-refractivity contribution < 1.29 is 4.79 Å². The molecule has 1 atom stereocenters. The maximum absolute atomic E-state index is 11.4. The molecule has 1 heteroatoms. The minimum absolute atomic E-state index is 0.374. The molecule has 2 aliphatic carbocycles. The van der Waals surface area contributed by atoms with Gasteiger partial charge in [0.1, 0.15) is 0 Å². The van der Waals surface area contributed by atoms with Gasteiger partial charge in [-0.1, -0.05) is 18.4 Å². The van der Waals surface area contributed by atoms with Crippen molar-refractivity contribution in [1.82, 2.24) is 0 Å². The summed E-state index contributed by atoms with van der Waals surface area (Å²) >= 11 is 0. The first-order valence-corrected chi connectivity index (χ1v) is 5.59. The van der Waals surface area contributed by atoms with Gasteiger partial charge in [0.15, 0.2) is 5.78 Å². The molecule has 1 saturated carbocycles. The predicted octanol–water partition coefficient (Wildman–Crippen LogP) is 3.25. The summed E-state index contributed by atoms with van der Waals surface area (Å²) in [6, 6.07) is 0. The van der Waals surface area contributed by atoms with Crippen LogP contribution in [-0.2, 0) is 4.79 Å². The van der Waals surface area contributed by atoms with Crippen LogP contribution < -0.4 is 0 Å². The third kappa shape index (κ3) is 2.20. The molecule has 0 bridgehead atoms. The Balaban J connectivity index is 2.15. The summed E-state index contributed by atoms with van der Waals surface area (Å²) < 4.78 is 0. The zero-order valence-electron chi connectivity index (χ0n) is 8.22. The highest BCUT2D eigenvalue weighted by Gasteiger charge is 2.20. The molecule has 0 aromatic rings. The molecule has 0 saturated heterocycles. The van der Waals surface area contributed by atoms with Crippen molar-refractivity contribution >= 4 is 5.78 Å². The van der Waals surface area contributed by atoms with Crippen LogP contribution in [0.15, 0.2) is 11.6 Å². The van der Waals surface area contributed by atoms with Crippen molar-refractivity contribution in [3.63, 3.8) is 0 Å². The van der Waals surface area contributed by atoms with Crippen LogP contribution in [0.25, 0.3) is 0 Å². The molecule has 0 amide bonds. The molecule has 0 spiro atoms. The van der Waals surface area contributed by atoms with Crippen molar-refractivity contribution in [2.75, 3.05) is 0 Å². The van der Waals surface area contributed by atoms with Gasteiger partial charge in [0, 0.05) is 6.42 Å². The van der Waals surface area contributed by atoms with E-state index in [1.807, 2.05) is 6.08 Å². The summed E-state index contributed by atoms with van der Waals surface area (Å²) in [5.41, 5.74) is 1.47. The van der Waals surface area contributed by atoms with Crippen LogP contribution in [0.2, 0.25) is 0 Å². The minimum atomic E-state index is 0.374. The number of hydrogen-bond acceptors (Lipinski definition) is 1. The van der Waals surface area contributed by atoms with Crippen LogP contribution in [0.4, 0.5) is 0 Å². The summed E-state index contributed by atoms with van der Waals surface area (Å²) in [5, 5.41) is 0. The first-order chi connectivity index (χ1) is 6.36. The second-order valence-corrected chi connectivity index (χ2v) is 4.37. The summed E-state index contributed by atoms with van der Waals surface area (Å²) in [7, 11) is 0. The molecule has 0 aromatic heterocycles. The Bertz CT molecular complexity index is 225. The standard InChI is InChI=1S/C12H18O/c13-12-8-4-7-10-5-2-1-3-6-11(10)9-12/h9-10H,1-8H2. The van der Waals surface area contributed by atoms with Gasteiger partial charge in [-0.25, -0.2) is 0 Å². The van der Waals surface area contributed by atoms with Crippen LogP contribution in [0, 0.1) is 5.92 Å². The fourth-order valence-electron chi connectivity index (χ4n) is 2.61. The van der Waals surface area contributed by atoms with Crippen molar-refractivity contribution in [2.45, 2.75) is 51.4 Å². The lowest BCUT2D eigenvalue weighted by Crippen LogP contribution is -2.00. The number of carbonyl (C=O) groups is 1. The van der Waals surface area contributed by atoms with E-state index in [0.29, 0.717) is 5.78 Å². The number of carbonyl (C=O) groups excluding carboxylic acids is 1. The molecule has 1 nitrogen and oxygen atoms in total. The molecule has 72 valence electrons. The SMILES string of the molecule is O=C1C=C2CCCCCC2CCC1. The summed E-state index contributed by atoms with van der Waals surface area (Å²) in [6.07, 6.45) is 11.7. The van der Waals surface area contributed by atoms with Crippen LogP contribution in [0.1, 0.15) is 51.4 Å². The highest BCUT2D eigenvalue weighted by Crippen LogP contribution is 2.33. The van der Waals surface area contributed by atoms with Gasteiger partial charge in [-0.3, -0.25) is 4.79 Å². The fourth-order valence-corrected chi connectivity index (χ4v) is 2.61. The smallest absolute Gasteiger partial charge is 0.155 e. The van der Waals surface area contributed by atoms with E-state index < -0.39 is 0 Å². The summed E-state index contributed by atoms with van der Waals surface area (Å²) in [5.74, 6) is 1.13. The largest absolute Gasteiger partial charge is 0.295 e. The first-order valence-electron chi connectivity index (χ1n) is 5.59. The van der Waals surface area contributed by atoms with Gasteiger partial charge < -0.3 is 0 Å². The lowest BCUT2D eigenvalue weighted by molar-refractivity contribution is -0.114. The van der Waals surface area contributed by atoms with Crippen LogP contribution in [0.3, 0.4) is 0 Å². The van der Waals surface area contributed by atoms with E-state index in [4.69, 9.17) is 0 Å². The third-order valence-corrected chi connectivity index (χ3v) is 3.36. The van der Waals surface area contributed by atoms with E-state index in [-0.39, 0.29) is 0 Å². The fraction of sp³-hybridized carbons (Fsp3) is 0.750. The lowest BCUT2D eigenvalue weighted by atomic mass is 9.91. The van der Waals surface area contributed by atoms with Crippen LogP contribution in [-0.4, -0.2) is 5.78 Å². The minimum Gasteiger partial charge on any atom is -0.295 e. The van der Waals surface area contributed by atoms with E-state index in [1.54, 1.807) is 0 Å². The van der Waals surface area contributed by atoms with Crippen molar-refractivity contribution in [3.05, 3.63) is 11.6 Å². The number of rotatable bonds is 0. The molecule has 0 aromatic carbocycles. The van der Waals surface area contributed by atoms with E-state index in [9.17, 15) is 4.79 Å². The second-order valence-electron chi connectivity index (χ2n) is 4.37. The molecular formula is C12H18O. The van der Waals surface area contributed by atoms with Gasteiger partial charge in [-0.05, 0) is 44.1 Å². The van der Waals surface area contributed by atoms with Gasteiger partial charge in [0.25, 0.3) is 0 Å². The maximum atomic E-state index is 11.4. The van der Waals surface area contributed by atoms with Gasteiger partial charge in [0.05, 0.1) is 0 Å². The Morgan fingerprint density at radius 2 is 1.85 bits per heavy atom. The zero-order chi connectivity index (χ0) is 9.10. The van der Waals surface area contributed by atoms with Crippen LogP contribution in [0.5, 0.6) is 0 Å². The Hall–Kier alpha value is -0.590. The average Bonchev–Trinajstić information content (AvgIpc) is 2.38. The number of allylic oxidation sites excluding steroid dienone is 2. The normalized spacial score (nSPS) is 30.0. The quantitative estimate of drug-likeness (QED) is 0.556. The van der Waals surface area contributed by atoms with E-state index in [0.717, 1.165) is 18.8 Å². The maximum Gasteiger partial charge on any atom is 0.155 e. The molecule has 1 fully saturated rings. The molecule has 0 heterocycles. The molecule has 2 rings (SSSR count). The molecule has 0 radical (unpaired) electrons. The second kappa shape index (κ2) is 4.08. The van der Waals surface area contributed by atoms with E-state index in [2.05, 4.69) is 0 Å². The highest BCUT2D eigenvalue weighted by molar-refractivity contribution is 5.90.